The molecule has 2 aromatic heterocycles. The Balaban J connectivity index is 1.54. The average Bonchev–Trinajstić information content (AvgIpc) is 3.64. The molecule has 1 aliphatic heterocycles. The largest absolute Gasteiger partial charge is 0.465 e. The quantitative estimate of drug-likeness (QED) is 0.238. The molecule has 0 amide bonds. The monoisotopic (exact) mass is 608 g/mol. The maximum atomic E-state index is 14.0. The van der Waals surface area contributed by atoms with Gasteiger partial charge >= 0.3 is 11.9 Å². The third-order valence-corrected chi connectivity index (χ3v) is 8.04. The van der Waals surface area contributed by atoms with Crippen molar-refractivity contribution in [2.75, 3.05) is 13.7 Å². The van der Waals surface area contributed by atoms with Gasteiger partial charge in [-0.2, -0.15) is 0 Å². The van der Waals surface area contributed by atoms with Crippen LogP contribution in [-0.4, -0.2) is 30.2 Å². The predicted molar refractivity (Wildman–Crippen MR) is 163 cm³/mol. The summed E-state index contributed by atoms with van der Waals surface area (Å²) in [6, 6.07) is 24.2. The van der Waals surface area contributed by atoms with Crippen molar-refractivity contribution in [1.82, 2.24) is 4.57 Å². The van der Waals surface area contributed by atoms with Crippen LogP contribution in [0.15, 0.2) is 111 Å². The zero-order valence-corrected chi connectivity index (χ0v) is 24.5. The van der Waals surface area contributed by atoms with E-state index in [4.69, 9.17) is 18.9 Å². The number of furan rings is 1. The lowest BCUT2D eigenvalue weighted by molar-refractivity contribution is -0.138. The van der Waals surface area contributed by atoms with Gasteiger partial charge in [-0.15, -0.1) is 0 Å². The van der Waals surface area contributed by atoms with E-state index in [1.54, 1.807) is 61.5 Å². The van der Waals surface area contributed by atoms with Crippen molar-refractivity contribution < 1.29 is 27.9 Å². The third kappa shape index (κ3) is 5.31. The second-order valence-electron chi connectivity index (χ2n) is 9.72. The number of benzene rings is 3. The second kappa shape index (κ2) is 12.1. The van der Waals surface area contributed by atoms with Crippen molar-refractivity contribution in [3.63, 3.8) is 0 Å². The van der Waals surface area contributed by atoms with Crippen LogP contribution in [0.5, 0.6) is 0 Å². The Bertz CT molecular complexity index is 2090. The third-order valence-electron chi connectivity index (χ3n) is 7.06. The van der Waals surface area contributed by atoms with E-state index < -0.39 is 29.4 Å². The molecule has 220 valence electrons. The van der Waals surface area contributed by atoms with E-state index in [-0.39, 0.29) is 12.2 Å². The molecule has 10 heteroatoms. The van der Waals surface area contributed by atoms with E-state index in [9.17, 15) is 18.8 Å². The van der Waals surface area contributed by atoms with Crippen molar-refractivity contribution >= 4 is 35.0 Å². The van der Waals surface area contributed by atoms with Crippen LogP contribution in [0.25, 0.3) is 23.1 Å². The number of fused-ring (bicyclic) bond motifs is 1. The van der Waals surface area contributed by atoms with E-state index in [1.165, 1.54) is 23.8 Å². The van der Waals surface area contributed by atoms with Crippen molar-refractivity contribution in [2.24, 2.45) is 4.99 Å². The SMILES string of the molecule is CCOC(=O)C1=C(c2ccccc2)N=c2s/c(=C/c3ccc(-c4ccccc4C(=O)OC)o3)c(=O)n2[C@H]1c1ccc(F)cc1. The number of halogens is 1. The Labute approximate surface area is 254 Å². The number of hydrogen-bond acceptors (Lipinski definition) is 8. The minimum Gasteiger partial charge on any atom is -0.465 e. The second-order valence-corrected chi connectivity index (χ2v) is 10.7. The fourth-order valence-electron chi connectivity index (χ4n) is 5.09. The van der Waals surface area contributed by atoms with Gasteiger partial charge in [0.25, 0.3) is 5.56 Å². The number of nitrogens with zero attached hydrogens (tertiary/aromatic N) is 2. The van der Waals surface area contributed by atoms with Crippen LogP contribution < -0.4 is 14.9 Å². The standard InChI is InChI=1S/C34H25FN2O6S/c1-3-42-33(40)28-29(20-9-5-4-6-10-20)36-34-37(30(28)21-13-15-22(35)16-14-21)31(38)27(44-34)19-23-17-18-26(43-23)24-11-7-8-12-25(24)32(39)41-2/h4-19,30H,3H2,1-2H3/b27-19+/t30-/m0/s1. The van der Waals surface area contributed by atoms with Crippen LogP contribution in [0.1, 0.15) is 40.2 Å². The molecule has 3 heterocycles. The zero-order valence-electron chi connectivity index (χ0n) is 23.7. The first-order chi connectivity index (χ1) is 21.4. The average molecular weight is 609 g/mol. The molecule has 0 saturated heterocycles. The van der Waals surface area contributed by atoms with Gasteiger partial charge in [-0.05, 0) is 42.8 Å². The number of rotatable bonds is 7. The Morgan fingerprint density at radius 3 is 2.43 bits per heavy atom. The maximum Gasteiger partial charge on any atom is 0.338 e. The maximum absolute atomic E-state index is 14.0. The number of carbonyl (C=O) groups is 2. The van der Waals surface area contributed by atoms with E-state index >= 15 is 0 Å². The number of esters is 2. The van der Waals surface area contributed by atoms with Crippen molar-refractivity contribution in [1.29, 1.82) is 0 Å². The van der Waals surface area contributed by atoms with Crippen LogP contribution >= 0.6 is 11.3 Å². The van der Waals surface area contributed by atoms with Gasteiger partial charge < -0.3 is 13.9 Å². The number of aromatic nitrogens is 1. The summed E-state index contributed by atoms with van der Waals surface area (Å²) in [5.74, 6) is -0.784. The summed E-state index contributed by atoms with van der Waals surface area (Å²) in [5.41, 5.74) is 2.20. The molecule has 0 aliphatic carbocycles. The highest BCUT2D eigenvalue weighted by Gasteiger charge is 2.35. The van der Waals surface area contributed by atoms with Crippen molar-refractivity contribution in [2.45, 2.75) is 13.0 Å². The molecular weight excluding hydrogens is 583 g/mol. The van der Waals surface area contributed by atoms with Crippen LogP contribution in [0.4, 0.5) is 4.39 Å². The fraction of sp³-hybridized carbons (Fsp3) is 0.118. The minimum absolute atomic E-state index is 0.116. The van der Waals surface area contributed by atoms with Gasteiger partial charge in [-0.25, -0.2) is 19.0 Å². The predicted octanol–water partition coefficient (Wildman–Crippen LogP) is 5.12. The lowest BCUT2D eigenvalue weighted by Gasteiger charge is -2.25. The minimum atomic E-state index is -0.928. The first-order valence-electron chi connectivity index (χ1n) is 13.7. The van der Waals surface area contributed by atoms with Crippen LogP contribution in [0, 0.1) is 5.82 Å². The topological polar surface area (TPSA) is 100 Å². The van der Waals surface area contributed by atoms with Gasteiger partial charge in [-0.3, -0.25) is 9.36 Å². The molecule has 0 spiro atoms. The van der Waals surface area contributed by atoms with Gasteiger partial charge in [0.1, 0.15) is 17.3 Å². The molecule has 8 nitrogen and oxygen atoms in total. The molecule has 0 N–H and O–H groups in total. The van der Waals surface area contributed by atoms with Crippen molar-refractivity contribution in [3.8, 4) is 11.3 Å². The molecule has 0 bridgehead atoms. The highest BCUT2D eigenvalue weighted by Crippen LogP contribution is 2.35. The number of thiazole rings is 1. The molecule has 1 atom stereocenters. The van der Waals surface area contributed by atoms with E-state index in [2.05, 4.69) is 0 Å². The molecule has 5 aromatic rings. The molecule has 0 unspecified atom stereocenters. The van der Waals surface area contributed by atoms with Gasteiger partial charge in [0, 0.05) is 17.2 Å². The lowest BCUT2D eigenvalue weighted by atomic mass is 9.93. The normalized spacial score (nSPS) is 14.6. The lowest BCUT2D eigenvalue weighted by Crippen LogP contribution is -2.40. The molecule has 0 fully saturated rings. The van der Waals surface area contributed by atoms with Crippen LogP contribution in [-0.2, 0) is 14.3 Å². The summed E-state index contributed by atoms with van der Waals surface area (Å²) in [5, 5.41) is 0. The number of hydrogen-bond donors (Lipinski definition) is 0. The van der Waals surface area contributed by atoms with Crippen LogP contribution in [0.3, 0.4) is 0 Å². The summed E-state index contributed by atoms with van der Waals surface area (Å²) in [6.45, 7) is 1.81. The van der Waals surface area contributed by atoms with Gasteiger partial charge in [0.05, 0.1) is 41.1 Å². The summed E-state index contributed by atoms with van der Waals surface area (Å²) in [6.07, 6.45) is 1.59. The van der Waals surface area contributed by atoms with E-state index in [0.29, 0.717) is 48.8 Å². The first-order valence-corrected chi connectivity index (χ1v) is 14.5. The summed E-state index contributed by atoms with van der Waals surface area (Å²) in [7, 11) is 1.31. The highest BCUT2D eigenvalue weighted by molar-refractivity contribution is 7.07. The van der Waals surface area contributed by atoms with Gasteiger partial charge in [0.15, 0.2) is 4.80 Å². The van der Waals surface area contributed by atoms with E-state index in [1.807, 2.05) is 30.3 Å². The fourth-order valence-corrected chi connectivity index (χ4v) is 6.07. The van der Waals surface area contributed by atoms with Gasteiger partial charge in [-0.1, -0.05) is 72.0 Å². The Morgan fingerprint density at radius 1 is 0.977 bits per heavy atom. The smallest absolute Gasteiger partial charge is 0.338 e. The number of carbonyl (C=O) groups excluding carboxylic acids is 2. The van der Waals surface area contributed by atoms with Gasteiger partial charge in [0.2, 0.25) is 0 Å². The van der Waals surface area contributed by atoms with Crippen molar-refractivity contribution in [3.05, 3.63) is 145 Å². The molecule has 0 saturated carbocycles. The molecular formula is C34H25FN2O6S. The Kier molecular flexibility index (Phi) is 7.91. The van der Waals surface area contributed by atoms with E-state index in [0.717, 1.165) is 11.3 Å². The Hall–Kier alpha value is -5.35. The summed E-state index contributed by atoms with van der Waals surface area (Å²) < 4.78 is 32.1. The molecule has 6 rings (SSSR count). The zero-order chi connectivity index (χ0) is 30.8. The molecule has 3 aromatic carbocycles. The first kappa shape index (κ1) is 28.8. The molecule has 1 aliphatic rings. The molecule has 44 heavy (non-hydrogen) atoms. The molecule has 0 radical (unpaired) electrons. The van der Waals surface area contributed by atoms with Crippen LogP contribution in [0.2, 0.25) is 0 Å². The number of ether oxygens (including phenoxy) is 2. The number of methoxy groups -OCH3 is 1. The summed E-state index contributed by atoms with van der Waals surface area (Å²) in [4.78, 5) is 45.0. The Morgan fingerprint density at radius 2 is 1.70 bits per heavy atom. The highest BCUT2D eigenvalue weighted by atomic mass is 32.1. The summed E-state index contributed by atoms with van der Waals surface area (Å²) >= 11 is 1.13.